The topological polar surface area (TPSA) is 76.5 Å². The van der Waals surface area contributed by atoms with Crippen molar-refractivity contribution in [1.82, 2.24) is 20.2 Å². The molecule has 184 valence electrons. The van der Waals surface area contributed by atoms with Crippen LogP contribution in [0, 0.1) is 0 Å². The molecule has 0 radical (unpaired) electrons. The lowest BCUT2D eigenvalue weighted by Crippen LogP contribution is -2.45. The quantitative estimate of drug-likeness (QED) is 0.269. The van der Waals surface area contributed by atoms with Gasteiger partial charge in [-0.1, -0.05) is 60.3 Å². The Balaban J connectivity index is 1.44. The summed E-state index contributed by atoms with van der Waals surface area (Å²) < 4.78 is 7.32. The predicted octanol–water partition coefficient (Wildman–Crippen LogP) is 5.02. The summed E-state index contributed by atoms with van der Waals surface area (Å²) in [6.07, 6.45) is 3.77. The minimum absolute atomic E-state index is 0.141. The highest BCUT2D eigenvalue weighted by atomic mass is 32.2. The molecule has 1 aliphatic heterocycles. The highest BCUT2D eigenvalue weighted by Gasteiger charge is 2.34. The second-order valence-corrected chi connectivity index (χ2v) is 9.83. The maximum atomic E-state index is 13.2. The minimum atomic E-state index is -0.385. The number of thioether (sulfide) groups is 1. The average Bonchev–Trinajstić information content (AvgIpc) is 3.46. The number of hydrogen-bond donors (Lipinski definition) is 1. The third-order valence-corrected chi connectivity index (χ3v) is 6.95. The Bertz CT molecular complexity index is 1480. The van der Waals surface area contributed by atoms with Gasteiger partial charge in [-0.15, -0.1) is 0 Å². The number of benzene rings is 3. The van der Waals surface area contributed by atoms with E-state index in [2.05, 4.69) is 5.43 Å². The fraction of sp³-hybridized carbons (Fsp3) is 0.0714. The zero-order valence-electron chi connectivity index (χ0n) is 19.8. The molecule has 0 spiro atoms. The van der Waals surface area contributed by atoms with Crippen LogP contribution in [0.2, 0.25) is 0 Å². The molecule has 0 atom stereocenters. The molecule has 0 saturated carbocycles. The SMILES string of the molecule is COc1ccc(-c2nn(-c3ccccc3)cc2C=C2SC(=S)N(NC(=O)Cc3ccccc3)C2=O)cc1. The lowest BCUT2D eigenvalue weighted by Gasteiger charge is -2.15. The number of hydrazine groups is 1. The first-order chi connectivity index (χ1) is 18.0. The summed E-state index contributed by atoms with van der Waals surface area (Å²) in [5.41, 5.74) is 6.68. The van der Waals surface area contributed by atoms with Gasteiger partial charge < -0.3 is 4.74 Å². The smallest absolute Gasteiger partial charge is 0.285 e. The van der Waals surface area contributed by atoms with Crippen LogP contribution >= 0.6 is 24.0 Å². The molecule has 1 fully saturated rings. The number of methoxy groups -OCH3 is 1. The molecule has 1 saturated heterocycles. The highest BCUT2D eigenvalue weighted by Crippen LogP contribution is 2.34. The van der Waals surface area contributed by atoms with Crippen molar-refractivity contribution in [3.8, 4) is 22.7 Å². The molecule has 5 rings (SSSR count). The molecule has 9 heteroatoms. The van der Waals surface area contributed by atoms with Gasteiger partial charge in [0.15, 0.2) is 4.32 Å². The Morgan fingerprint density at radius 1 is 1.03 bits per heavy atom. The van der Waals surface area contributed by atoms with E-state index in [0.717, 1.165) is 44.9 Å². The van der Waals surface area contributed by atoms with Crippen LogP contribution in [0.4, 0.5) is 0 Å². The van der Waals surface area contributed by atoms with E-state index in [1.165, 1.54) is 0 Å². The van der Waals surface area contributed by atoms with Gasteiger partial charge in [-0.05, 0) is 60.3 Å². The zero-order valence-corrected chi connectivity index (χ0v) is 21.5. The molecule has 1 N–H and O–H groups in total. The number of nitrogens with zero attached hydrogens (tertiary/aromatic N) is 3. The molecule has 37 heavy (non-hydrogen) atoms. The van der Waals surface area contributed by atoms with Gasteiger partial charge in [-0.2, -0.15) is 10.1 Å². The lowest BCUT2D eigenvalue weighted by molar-refractivity contribution is -0.132. The van der Waals surface area contributed by atoms with Crippen LogP contribution in [-0.4, -0.2) is 38.0 Å². The Morgan fingerprint density at radius 2 is 1.70 bits per heavy atom. The van der Waals surface area contributed by atoms with Crippen molar-refractivity contribution in [2.24, 2.45) is 0 Å². The van der Waals surface area contributed by atoms with Crippen LogP contribution in [0.15, 0.2) is 96.0 Å². The Labute approximate surface area is 223 Å². The molecule has 3 aromatic carbocycles. The number of ether oxygens (including phenoxy) is 1. The molecule has 7 nitrogen and oxygen atoms in total. The number of nitrogens with one attached hydrogen (secondary N) is 1. The second kappa shape index (κ2) is 10.8. The summed E-state index contributed by atoms with van der Waals surface area (Å²) in [5.74, 6) is 0.0315. The predicted molar refractivity (Wildman–Crippen MR) is 149 cm³/mol. The first kappa shape index (κ1) is 24.5. The fourth-order valence-electron chi connectivity index (χ4n) is 3.83. The number of aromatic nitrogens is 2. The summed E-state index contributed by atoms with van der Waals surface area (Å²) in [5, 5.41) is 5.93. The monoisotopic (exact) mass is 526 g/mol. The van der Waals surface area contributed by atoms with Crippen LogP contribution in [0.25, 0.3) is 23.0 Å². The van der Waals surface area contributed by atoms with Gasteiger partial charge in [-0.25, -0.2) is 4.68 Å². The van der Waals surface area contributed by atoms with E-state index in [4.69, 9.17) is 22.1 Å². The molecular formula is C28H22N4O3S2. The Kier molecular flexibility index (Phi) is 7.16. The number of para-hydroxylation sites is 1. The molecule has 4 aromatic rings. The summed E-state index contributed by atoms with van der Waals surface area (Å²) in [7, 11) is 1.62. The first-order valence-corrected chi connectivity index (χ1v) is 12.6. The van der Waals surface area contributed by atoms with E-state index < -0.39 is 0 Å². The molecule has 2 heterocycles. The number of thiocarbonyl (C=S) groups is 1. The van der Waals surface area contributed by atoms with Crippen LogP contribution in [0.5, 0.6) is 5.75 Å². The fourth-order valence-corrected chi connectivity index (χ4v) is 5.00. The number of carbonyl (C=O) groups is 2. The van der Waals surface area contributed by atoms with Gasteiger partial charge in [0.2, 0.25) is 5.91 Å². The zero-order chi connectivity index (χ0) is 25.8. The van der Waals surface area contributed by atoms with Gasteiger partial charge in [0.1, 0.15) is 5.75 Å². The maximum Gasteiger partial charge on any atom is 0.285 e. The van der Waals surface area contributed by atoms with Crippen molar-refractivity contribution in [3.63, 3.8) is 0 Å². The van der Waals surface area contributed by atoms with Crippen molar-refractivity contribution < 1.29 is 14.3 Å². The summed E-state index contributed by atoms with van der Waals surface area (Å²) in [6.45, 7) is 0. The highest BCUT2D eigenvalue weighted by molar-refractivity contribution is 8.26. The largest absolute Gasteiger partial charge is 0.497 e. The molecule has 0 unspecified atom stereocenters. The van der Waals surface area contributed by atoms with E-state index in [0.29, 0.717) is 10.6 Å². The normalized spacial score (nSPS) is 14.3. The van der Waals surface area contributed by atoms with Crippen molar-refractivity contribution in [1.29, 1.82) is 0 Å². The lowest BCUT2D eigenvalue weighted by atomic mass is 10.1. The molecule has 1 aliphatic rings. The first-order valence-electron chi connectivity index (χ1n) is 11.4. The van der Waals surface area contributed by atoms with Crippen LogP contribution in [-0.2, 0) is 16.0 Å². The van der Waals surface area contributed by atoms with Gasteiger partial charge >= 0.3 is 0 Å². The molecule has 2 amide bonds. The van der Waals surface area contributed by atoms with Gasteiger partial charge in [0, 0.05) is 17.3 Å². The number of hydrogen-bond acceptors (Lipinski definition) is 6. The second-order valence-electron chi connectivity index (χ2n) is 8.16. The third kappa shape index (κ3) is 5.47. The maximum absolute atomic E-state index is 13.2. The summed E-state index contributed by atoms with van der Waals surface area (Å²) in [4.78, 5) is 26.2. The van der Waals surface area contributed by atoms with Gasteiger partial charge in [0.05, 0.1) is 29.8 Å². The standard InChI is InChI=1S/C28H22N4O3S2/c1-35-23-14-12-20(13-15-23)26-21(18-31(30-26)22-10-6-3-7-11-22)17-24-27(34)32(28(36)37-24)29-25(33)16-19-8-4-2-5-9-19/h2-15,17-18H,16H2,1H3,(H,29,33). The molecule has 0 bridgehead atoms. The molecular weight excluding hydrogens is 504 g/mol. The van der Waals surface area contributed by atoms with E-state index in [9.17, 15) is 9.59 Å². The van der Waals surface area contributed by atoms with Crippen molar-refractivity contribution >= 4 is 46.2 Å². The number of rotatable bonds is 7. The average molecular weight is 527 g/mol. The third-order valence-electron chi connectivity index (χ3n) is 5.65. The van der Waals surface area contributed by atoms with Gasteiger partial charge in [-0.3, -0.25) is 15.0 Å². The number of amides is 2. The van der Waals surface area contributed by atoms with E-state index in [-0.39, 0.29) is 22.6 Å². The van der Waals surface area contributed by atoms with Gasteiger partial charge in [0.25, 0.3) is 5.91 Å². The summed E-state index contributed by atoms with van der Waals surface area (Å²) in [6, 6.07) is 26.6. The van der Waals surface area contributed by atoms with Crippen LogP contribution in [0.3, 0.4) is 0 Å². The Hall–Kier alpha value is -4.21. The van der Waals surface area contributed by atoms with E-state index in [1.54, 1.807) is 17.9 Å². The number of carbonyl (C=O) groups excluding carboxylic acids is 2. The molecule has 1 aromatic heterocycles. The van der Waals surface area contributed by atoms with Crippen LogP contribution in [0.1, 0.15) is 11.1 Å². The van der Waals surface area contributed by atoms with Crippen molar-refractivity contribution in [2.45, 2.75) is 6.42 Å². The van der Waals surface area contributed by atoms with E-state index in [1.807, 2.05) is 91.1 Å². The Morgan fingerprint density at radius 3 is 2.38 bits per heavy atom. The van der Waals surface area contributed by atoms with E-state index >= 15 is 0 Å². The van der Waals surface area contributed by atoms with Crippen molar-refractivity contribution in [3.05, 3.63) is 107 Å². The summed E-state index contributed by atoms with van der Waals surface area (Å²) >= 11 is 6.54. The molecule has 0 aliphatic carbocycles. The minimum Gasteiger partial charge on any atom is -0.497 e. The van der Waals surface area contributed by atoms with Crippen molar-refractivity contribution in [2.75, 3.05) is 7.11 Å². The van der Waals surface area contributed by atoms with Crippen LogP contribution < -0.4 is 10.2 Å².